The average molecular weight is 348 g/mol. The Hall–Kier alpha value is -1.70. The SMILES string of the molecule is O=c1n(CCN2CCOCC2)c2cc(F)ccc2n1C1CCNCC1. The molecule has 2 saturated heterocycles. The molecule has 0 unspecified atom stereocenters. The highest BCUT2D eigenvalue weighted by Gasteiger charge is 2.23. The van der Waals surface area contributed by atoms with Gasteiger partial charge in [0.1, 0.15) is 5.82 Å². The number of piperidine rings is 1. The maximum Gasteiger partial charge on any atom is 0.329 e. The highest BCUT2D eigenvalue weighted by molar-refractivity contribution is 5.76. The lowest BCUT2D eigenvalue weighted by molar-refractivity contribution is 0.0364. The summed E-state index contributed by atoms with van der Waals surface area (Å²) in [7, 11) is 0. The van der Waals surface area contributed by atoms with Crippen LogP contribution in [0.3, 0.4) is 0 Å². The number of halogens is 1. The molecule has 3 heterocycles. The summed E-state index contributed by atoms with van der Waals surface area (Å²) in [6.45, 7) is 6.44. The van der Waals surface area contributed by atoms with Gasteiger partial charge in [-0.15, -0.1) is 0 Å². The molecule has 6 nitrogen and oxygen atoms in total. The first-order chi connectivity index (χ1) is 12.2. The summed E-state index contributed by atoms with van der Waals surface area (Å²) in [6.07, 6.45) is 1.86. The summed E-state index contributed by atoms with van der Waals surface area (Å²) in [4.78, 5) is 15.4. The van der Waals surface area contributed by atoms with Gasteiger partial charge >= 0.3 is 5.69 Å². The van der Waals surface area contributed by atoms with Crippen LogP contribution in [0.4, 0.5) is 4.39 Å². The van der Waals surface area contributed by atoms with Gasteiger partial charge in [-0.1, -0.05) is 0 Å². The van der Waals surface area contributed by atoms with Crippen LogP contribution in [0.25, 0.3) is 11.0 Å². The molecular weight excluding hydrogens is 323 g/mol. The van der Waals surface area contributed by atoms with E-state index in [-0.39, 0.29) is 17.5 Å². The number of nitrogens with one attached hydrogen (secondary N) is 1. The summed E-state index contributed by atoms with van der Waals surface area (Å²) in [5.41, 5.74) is 1.54. The lowest BCUT2D eigenvalue weighted by Crippen LogP contribution is -2.40. The molecule has 0 spiro atoms. The number of rotatable bonds is 4. The Morgan fingerprint density at radius 2 is 1.88 bits per heavy atom. The summed E-state index contributed by atoms with van der Waals surface area (Å²) in [5, 5.41) is 3.34. The lowest BCUT2D eigenvalue weighted by atomic mass is 10.1. The van der Waals surface area contributed by atoms with Gasteiger partial charge in [0.25, 0.3) is 0 Å². The van der Waals surface area contributed by atoms with Gasteiger partial charge in [0.15, 0.2) is 0 Å². The zero-order chi connectivity index (χ0) is 17.2. The first kappa shape index (κ1) is 16.8. The monoisotopic (exact) mass is 348 g/mol. The number of benzene rings is 1. The van der Waals surface area contributed by atoms with Crippen molar-refractivity contribution in [3.8, 4) is 0 Å². The van der Waals surface area contributed by atoms with Gasteiger partial charge in [0.2, 0.25) is 0 Å². The van der Waals surface area contributed by atoms with Crippen LogP contribution < -0.4 is 11.0 Å². The zero-order valence-corrected chi connectivity index (χ0v) is 14.4. The van der Waals surface area contributed by atoms with E-state index in [0.717, 1.165) is 64.3 Å². The maximum atomic E-state index is 13.8. The van der Waals surface area contributed by atoms with Gasteiger partial charge in [0, 0.05) is 32.2 Å². The van der Waals surface area contributed by atoms with E-state index < -0.39 is 0 Å². The van der Waals surface area contributed by atoms with Crippen molar-refractivity contribution in [3.63, 3.8) is 0 Å². The van der Waals surface area contributed by atoms with E-state index >= 15 is 0 Å². The Balaban J connectivity index is 1.68. The minimum absolute atomic E-state index is 0.0132. The van der Waals surface area contributed by atoms with Gasteiger partial charge in [-0.05, 0) is 44.1 Å². The summed E-state index contributed by atoms with van der Waals surface area (Å²) >= 11 is 0. The number of ether oxygens (including phenoxy) is 1. The van der Waals surface area contributed by atoms with Crippen LogP contribution in [0, 0.1) is 5.82 Å². The lowest BCUT2D eigenvalue weighted by Gasteiger charge is -2.26. The minimum atomic E-state index is -0.296. The van der Waals surface area contributed by atoms with Crippen LogP contribution in [0.5, 0.6) is 0 Å². The Kier molecular flexibility index (Phi) is 4.87. The molecule has 1 N–H and O–H groups in total. The molecule has 0 aliphatic carbocycles. The molecule has 1 aromatic heterocycles. The zero-order valence-electron chi connectivity index (χ0n) is 14.4. The first-order valence-corrected chi connectivity index (χ1v) is 9.15. The van der Waals surface area contributed by atoms with Crippen molar-refractivity contribution in [3.05, 3.63) is 34.5 Å². The highest BCUT2D eigenvalue weighted by Crippen LogP contribution is 2.24. The third-order valence-corrected chi connectivity index (χ3v) is 5.34. The topological polar surface area (TPSA) is 51.4 Å². The van der Waals surface area contributed by atoms with Gasteiger partial charge in [-0.25, -0.2) is 9.18 Å². The van der Waals surface area contributed by atoms with Crippen molar-refractivity contribution in [1.82, 2.24) is 19.4 Å². The Morgan fingerprint density at radius 1 is 1.12 bits per heavy atom. The molecule has 0 radical (unpaired) electrons. The largest absolute Gasteiger partial charge is 0.379 e. The Bertz CT molecular complexity index is 788. The highest BCUT2D eigenvalue weighted by atomic mass is 19.1. The van der Waals surface area contributed by atoms with Crippen molar-refractivity contribution < 1.29 is 9.13 Å². The van der Waals surface area contributed by atoms with Crippen molar-refractivity contribution in [2.45, 2.75) is 25.4 Å². The molecule has 0 atom stereocenters. The molecule has 2 aromatic rings. The van der Waals surface area contributed by atoms with Gasteiger partial charge < -0.3 is 10.1 Å². The maximum absolute atomic E-state index is 13.8. The van der Waals surface area contributed by atoms with Gasteiger partial charge in [-0.3, -0.25) is 14.0 Å². The van der Waals surface area contributed by atoms with Crippen LogP contribution in [0.1, 0.15) is 18.9 Å². The van der Waals surface area contributed by atoms with Crippen molar-refractivity contribution >= 4 is 11.0 Å². The normalized spacial score (nSPS) is 20.4. The van der Waals surface area contributed by atoms with E-state index in [0.29, 0.717) is 12.1 Å². The number of aromatic nitrogens is 2. The quantitative estimate of drug-likeness (QED) is 0.902. The van der Waals surface area contributed by atoms with Gasteiger partial charge in [-0.2, -0.15) is 0 Å². The van der Waals surface area contributed by atoms with Crippen LogP contribution in [0.15, 0.2) is 23.0 Å². The second-order valence-corrected chi connectivity index (χ2v) is 6.87. The molecule has 0 bridgehead atoms. The molecule has 2 aliphatic heterocycles. The standard InChI is InChI=1S/C18H25FN4O2/c19-14-1-2-16-17(13-14)22(8-7-21-9-11-25-12-10-21)18(24)23(16)15-3-5-20-6-4-15/h1-2,13,15,20H,3-12H2. The predicted molar refractivity (Wildman–Crippen MR) is 94.6 cm³/mol. The fourth-order valence-corrected chi connectivity index (χ4v) is 3.95. The third kappa shape index (κ3) is 3.36. The summed E-state index contributed by atoms with van der Waals surface area (Å²) < 4.78 is 22.8. The fourth-order valence-electron chi connectivity index (χ4n) is 3.95. The molecule has 0 saturated carbocycles. The minimum Gasteiger partial charge on any atom is -0.379 e. The third-order valence-electron chi connectivity index (χ3n) is 5.34. The number of hydrogen-bond acceptors (Lipinski definition) is 4. The first-order valence-electron chi connectivity index (χ1n) is 9.15. The van der Waals surface area contributed by atoms with E-state index in [1.54, 1.807) is 10.6 Å². The number of fused-ring (bicyclic) bond motifs is 1. The summed E-state index contributed by atoms with van der Waals surface area (Å²) in [5.74, 6) is -0.296. The second-order valence-electron chi connectivity index (χ2n) is 6.87. The Morgan fingerprint density at radius 3 is 2.64 bits per heavy atom. The van der Waals surface area contributed by atoms with Gasteiger partial charge in [0.05, 0.1) is 24.2 Å². The molecule has 0 amide bonds. The van der Waals surface area contributed by atoms with E-state index in [2.05, 4.69) is 10.2 Å². The van der Waals surface area contributed by atoms with Crippen LogP contribution in [0.2, 0.25) is 0 Å². The Labute approximate surface area is 146 Å². The number of hydrogen-bond donors (Lipinski definition) is 1. The number of nitrogens with zero attached hydrogens (tertiary/aromatic N) is 3. The van der Waals surface area contributed by atoms with Crippen molar-refractivity contribution in [2.75, 3.05) is 45.9 Å². The molecule has 1 aromatic carbocycles. The van der Waals surface area contributed by atoms with E-state index in [1.165, 1.54) is 12.1 Å². The van der Waals surface area contributed by atoms with E-state index in [1.807, 2.05) is 4.57 Å². The van der Waals surface area contributed by atoms with Crippen LogP contribution in [-0.2, 0) is 11.3 Å². The van der Waals surface area contributed by atoms with Crippen LogP contribution in [-0.4, -0.2) is 60.0 Å². The molecular formula is C18H25FN4O2. The number of imidazole rings is 1. The van der Waals surface area contributed by atoms with Crippen molar-refractivity contribution in [1.29, 1.82) is 0 Å². The predicted octanol–water partition coefficient (Wildman–Crippen LogP) is 1.20. The molecule has 2 fully saturated rings. The smallest absolute Gasteiger partial charge is 0.329 e. The van der Waals surface area contributed by atoms with Crippen molar-refractivity contribution in [2.24, 2.45) is 0 Å². The fraction of sp³-hybridized carbons (Fsp3) is 0.611. The molecule has 7 heteroatoms. The van der Waals surface area contributed by atoms with E-state index in [4.69, 9.17) is 4.74 Å². The summed E-state index contributed by atoms with van der Waals surface area (Å²) in [6, 6.07) is 4.88. The molecule has 4 rings (SSSR count). The molecule has 25 heavy (non-hydrogen) atoms. The second kappa shape index (κ2) is 7.27. The molecule has 2 aliphatic rings. The average Bonchev–Trinajstić information content (AvgIpc) is 2.92. The van der Waals surface area contributed by atoms with E-state index in [9.17, 15) is 9.18 Å². The van der Waals surface area contributed by atoms with Crippen LogP contribution >= 0.6 is 0 Å². The number of morpholine rings is 1. The molecule has 136 valence electrons.